The van der Waals surface area contributed by atoms with Gasteiger partial charge in [0.1, 0.15) is 19.0 Å². The first-order valence-corrected chi connectivity index (χ1v) is 11.3. The fourth-order valence-corrected chi connectivity index (χ4v) is 4.49. The minimum atomic E-state index is -0.648. The second-order valence-electron chi connectivity index (χ2n) is 8.01. The van der Waals surface area contributed by atoms with Crippen LogP contribution in [0.3, 0.4) is 0 Å². The lowest BCUT2D eigenvalue weighted by molar-refractivity contribution is 0.0741. The number of carbonyl (C=O) groups excluding carboxylic acids is 1. The molecule has 176 valence electrons. The lowest BCUT2D eigenvalue weighted by Gasteiger charge is -2.36. The molecule has 34 heavy (non-hydrogen) atoms. The van der Waals surface area contributed by atoms with Gasteiger partial charge < -0.3 is 19.3 Å². The summed E-state index contributed by atoms with van der Waals surface area (Å²) in [5.41, 5.74) is 0.159. The molecule has 1 saturated heterocycles. The Labute approximate surface area is 199 Å². The van der Waals surface area contributed by atoms with Gasteiger partial charge in [0.15, 0.2) is 11.5 Å². The van der Waals surface area contributed by atoms with Gasteiger partial charge in [-0.2, -0.15) is 0 Å². The van der Waals surface area contributed by atoms with Crippen molar-refractivity contribution in [1.29, 1.82) is 0 Å². The number of rotatable bonds is 4. The first kappa shape index (κ1) is 22.2. The molecule has 2 aliphatic rings. The third-order valence-electron chi connectivity index (χ3n) is 5.94. The molecule has 10 heteroatoms. The van der Waals surface area contributed by atoms with Crippen molar-refractivity contribution in [3.63, 3.8) is 0 Å². The number of hydrogen-bond donors (Lipinski definition) is 0. The summed E-state index contributed by atoms with van der Waals surface area (Å²) in [7, 11) is 0. The summed E-state index contributed by atoms with van der Waals surface area (Å²) < 4.78 is 27.0. The number of hydrogen-bond acceptors (Lipinski definition) is 6. The number of aromatic nitrogens is 2. The van der Waals surface area contributed by atoms with Crippen LogP contribution in [0, 0.1) is 5.82 Å². The zero-order valence-electron chi connectivity index (χ0n) is 18.3. The molecule has 2 aliphatic heterocycles. The Morgan fingerprint density at radius 1 is 1.15 bits per heavy atom. The number of allylic oxidation sites excluding steroid dienone is 1. The van der Waals surface area contributed by atoms with Gasteiger partial charge in [0, 0.05) is 38.8 Å². The van der Waals surface area contributed by atoms with Crippen molar-refractivity contribution < 1.29 is 18.7 Å². The van der Waals surface area contributed by atoms with E-state index < -0.39 is 11.7 Å². The fourth-order valence-electron chi connectivity index (χ4n) is 4.25. The molecule has 2 aromatic carbocycles. The zero-order chi connectivity index (χ0) is 23.8. The second kappa shape index (κ2) is 8.98. The van der Waals surface area contributed by atoms with Crippen LogP contribution in [0.2, 0.25) is 5.02 Å². The summed E-state index contributed by atoms with van der Waals surface area (Å²) in [6.07, 6.45) is 1.64. The van der Waals surface area contributed by atoms with Gasteiger partial charge in [-0.15, -0.1) is 6.58 Å². The van der Waals surface area contributed by atoms with Gasteiger partial charge in [0.05, 0.1) is 21.5 Å². The number of amides is 1. The van der Waals surface area contributed by atoms with Crippen molar-refractivity contribution in [3.8, 4) is 11.5 Å². The Morgan fingerprint density at radius 2 is 1.85 bits per heavy atom. The van der Waals surface area contributed by atoms with Crippen LogP contribution in [0.5, 0.6) is 11.5 Å². The predicted molar refractivity (Wildman–Crippen MR) is 127 cm³/mol. The lowest BCUT2D eigenvalue weighted by Crippen LogP contribution is -2.50. The molecular formula is C24H22ClFN4O4. The van der Waals surface area contributed by atoms with E-state index in [1.54, 1.807) is 27.7 Å². The Bertz CT molecular complexity index is 1330. The SMILES string of the molecule is C=CCn1c(N2CCN(C(=O)c3c(F)cccc3Cl)CC2)nc2cc3c(cc2c1=O)OCCO3. The summed E-state index contributed by atoms with van der Waals surface area (Å²) in [6, 6.07) is 7.56. The van der Waals surface area contributed by atoms with Crippen LogP contribution in [0.1, 0.15) is 10.4 Å². The molecule has 3 heterocycles. The van der Waals surface area contributed by atoms with Gasteiger partial charge in [-0.1, -0.05) is 23.7 Å². The molecule has 0 atom stereocenters. The first-order chi connectivity index (χ1) is 16.5. The van der Waals surface area contributed by atoms with Crippen LogP contribution in [0.15, 0.2) is 47.8 Å². The van der Waals surface area contributed by atoms with Gasteiger partial charge in [-0.05, 0) is 18.2 Å². The zero-order valence-corrected chi connectivity index (χ0v) is 19.1. The maximum absolute atomic E-state index is 14.2. The highest BCUT2D eigenvalue weighted by atomic mass is 35.5. The van der Waals surface area contributed by atoms with Gasteiger partial charge in [0.2, 0.25) is 5.95 Å². The van der Waals surface area contributed by atoms with E-state index in [0.717, 1.165) is 0 Å². The van der Waals surface area contributed by atoms with E-state index in [-0.39, 0.29) is 22.7 Å². The molecule has 0 aliphatic carbocycles. The van der Waals surface area contributed by atoms with Crippen LogP contribution in [-0.2, 0) is 6.54 Å². The second-order valence-corrected chi connectivity index (χ2v) is 8.41. The summed E-state index contributed by atoms with van der Waals surface area (Å²) in [5, 5.41) is 0.510. The average Bonchev–Trinajstić information content (AvgIpc) is 2.84. The molecule has 0 spiro atoms. The predicted octanol–water partition coefficient (Wildman–Crippen LogP) is 3.11. The lowest BCUT2D eigenvalue weighted by atomic mass is 10.1. The highest BCUT2D eigenvalue weighted by molar-refractivity contribution is 6.33. The maximum Gasteiger partial charge on any atom is 0.263 e. The van der Waals surface area contributed by atoms with Crippen LogP contribution in [-0.4, -0.2) is 59.8 Å². The minimum absolute atomic E-state index is 0.0815. The molecule has 1 fully saturated rings. The molecule has 0 radical (unpaired) electrons. The molecule has 8 nitrogen and oxygen atoms in total. The average molecular weight is 485 g/mol. The molecule has 3 aromatic rings. The summed E-state index contributed by atoms with van der Waals surface area (Å²) in [5.74, 6) is 0.446. The van der Waals surface area contributed by atoms with E-state index in [2.05, 4.69) is 6.58 Å². The number of nitrogens with zero attached hydrogens (tertiary/aromatic N) is 4. The number of ether oxygens (including phenoxy) is 2. The number of fused-ring (bicyclic) bond motifs is 2. The van der Waals surface area contributed by atoms with Crippen LogP contribution < -0.4 is 19.9 Å². The monoisotopic (exact) mass is 484 g/mol. The van der Waals surface area contributed by atoms with E-state index in [9.17, 15) is 14.0 Å². The van der Waals surface area contributed by atoms with Crippen LogP contribution in [0.25, 0.3) is 10.9 Å². The van der Waals surface area contributed by atoms with Gasteiger partial charge in [-0.25, -0.2) is 9.37 Å². The molecular weight excluding hydrogens is 463 g/mol. The molecule has 0 bridgehead atoms. The normalized spacial score (nSPS) is 15.5. The number of halogens is 2. The Balaban J connectivity index is 1.45. The summed E-state index contributed by atoms with van der Waals surface area (Å²) in [4.78, 5) is 34.5. The van der Waals surface area contributed by atoms with Crippen molar-refractivity contribution in [1.82, 2.24) is 14.5 Å². The van der Waals surface area contributed by atoms with Crippen LogP contribution >= 0.6 is 11.6 Å². The smallest absolute Gasteiger partial charge is 0.263 e. The van der Waals surface area contributed by atoms with Crippen molar-refractivity contribution in [2.45, 2.75) is 6.54 Å². The van der Waals surface area contributed by atoms with Gasteiger partial charge in [0.25, 0.3) is 11.5 Å². The number of anilines is 1. The van der Waals surface area contributed by atoms with Crippen molar-refractivity contribution in [2.24, 2.45) is 0 Å². The molecule has 1 aromatic heterocycles. The van der Waals surface area contributed by atoms with E-state index >= 15 is 0 Å². The molecule has 1 amide bonds. The van der Waals surface area contributed by atoms with Crippen molar-refractivity contribution in [3.05, 3.63) is 69.7 Å². The third kappa shape index (κ3) is 3.86. The number of carbonyl (C=O) groups is 1. The number of benzene rings is 2. The molecule has 0 saturated carbocycles. The fraction of sp³-hybridized carbons (Fsp3) is 0.292. The van der Waals surface area contributed by atoms with E-state index in [4.69, 9.17) is 26.1 Å². The topological polar surface area (TPSA) is 76.9 Å². The molecule has 0 unspecified atom stereocenters. The van der Waals surface area contributed by atoms with E-state index in [1.807, 2.05) is 4.90 Å². The van der Waals surface area contributed by atoms with Crippen molar-refractivity contribution >= 4 is 34.4 Å². The van der Waals surface area contributed by atoms with Gasteiger partial charge >= 0.3 is 0 Å². The highest BCUT2D eigenvalue weighted by Gasteiger charge is 2.28. The molecule has 0 N–H and O–H groups in total. The maximum atomic E-state index is 14.2. The Kier molecular flexibility index (Phi) is 5.87. The minimum Gasteiger partial charge on any atom is -0.486 e. The largest absolute Gasteiger partial charge is 0.486 e. The number of piperazine rings is 1. The van der Waals surface area contributed by atoms with E-state index in [0.29, 0.717) is 67.7 Å². The third-order valence-corrected chi connectivity index (χ3v) is 6.25. The summed E-state index contributed by atoms with van der Waals surface area (Å²) >= 11 is 6.07. The highest BCUT2D eigenvalue weighted by Crippen LogP contribution is 2.33. The first-order valence-electron chi connectivity index (χ1n) is 10.9. The van der Waals surface area contributed by atoms with Crippen molar-refractivity contribution in [2.75, 3.05) is 44.3 Å². The quantitative estimate of drug-likeness (QED) is 0.530. The summed E-state index contributed by atoms with van der Waals surface area (Å²) in [6.45, 7) is 6.38. The standard InChI is InChI=1S/C24H22ClFN4O4/c1-2-6-30-22(31)15-13-19-20(34-12-11-33-19)14-18(15)27-24(30)29-9-7-28(8-10-29)23(32)21-16(25)4-3-5-17(21)26/h2-5,13-14H,1,6-12H2. The Hall–Kier alpha value is -3.59. The molecule has 5 rings (SSSR count). The van der Waals surface area contributed by atoms with Gasteiger partial charge in [-0.3, -0.25) is 14.2 Å². The van der Waals surface area contributed by atoms with Crippen LogP contribution in [0.4, 0.5) is 10.3 Å². The van der Waals surface area contributed by atoms with E-state index in [1.165, 1.54) is 18.2 Å². The Morgan fingerprint density at radius 3 is 2.53 bits per heavy atom.